The molecule has 1 aliphatic rings. The van der Waals surface area contributed by atoms with Crippen LogP contribution in [0.3, 0.4) is 0 Å². The molecule has 1 amide bonds. The van der Waals surface area contributed by atoms with Gasteiger partial charge in [0.25, 0.3) is 0 Å². The highest BCUT2D eigenvalue weighted by Gasteiger charge is 2.30. The Hall–Kier alpha value is -1.55. The topological polar surface area (TPSA) is 58.4 Å². The second kappa shape index (κ2) is 7.46. The van der Waals surface area contributed by atoms with E-state index in [1.807, 2.05) is 24.3 Å². The zero-order valence-electron chi connectivity index (χ0n) is 13.1. The molecule has 1 fully saturated rings. The van der Waals surface area contributed by atoms with Crippen LogP contribution in [-0.4, -0.2) is 29.4 Å². The first-order chi connectivity index (χ1) is 10.1. The largest absolute Gasteiger partial charge is 0.399 e. The molecule has 1 aliphatic carbocycles. The van der Waals surface area contributed by atoms with Crippen LogP contribution < -0.4 is 11.1 Å². The summed E-state index contributed by atoms with van der Waals surface area (Å²) in [6.45, 7) is 5.54. The molecule has 116 valence electrons. The van der Waals surface area contributed by atoms with E-state index in [9.17, 15) is 4.79 Å². The number of benzene rings is 1. The van der Waals surface area contributed by atoms with Crippen LogP contribution in [0.25, 0.3) is 0 Å². The lowest BCUT2D eigenvalue weighted by molar-refractivity contribution is -0.123. The fraction of sp³-hybridized carbons (Fsp3) is 0.588. The molecule has 1 aromatic carbocycles. The summed E-state index contributed by atoms with van der Waals surface area (Å²) in [7, 11) is 0. The van der Waals surface area contributed by atoms with E-state index in [-0.39, 0.29) is 5.91 Å². The molecule has 1 saturated carbocycles. The van der Waals surface area contributed by atoms with Crippen LogP contribution in [-0.2, 0) is 11.3 Å². The molecule has 4 nitrogen and oxygen atoms in total. The Morgan fingerprint density at radius 2 is 1.90 bits per heavy atom. The summed E-state index contributed by atoms with van der Waals surface area (Å²) in [5.74, 6) is 0.144. The van der Waals surface area contributed by atoms with Gasteiger partial charge in [0.2, 0.25) is 5.91 Å². The summed E-state index contributed by atoms with van der Waals surface area (Å²) in [4.78, 5) is 14.5. The SMILES string of the molecule is CCC(CC)NC(=O)CN(Cc1ccc(N)cc1)C1CC1. The maximum absolute atomic E-state index is 12.2. The number of nitrogen functional groups attached to an aromatic ring is 1. The van der Waals surface area contributed by atoms with Gasteiger partial charge in [0, 0.05) is 24.3 Å². The first-order valence-electron chi connectivity index (χ1n) is 8.00. The molecule has 0 aliphatic heterocycles. The third-order valence-corrected chi connectivity index (χ3v) is 4.13. The lowest BCUT2D eigenvalue weighted by Gasteiger charge is -2.23. The number of amides is 1. The summed E-state index contributed by atoms with van der Waals surface area (Å²) in [5, 5.41) is 3.12. The number of nitrogens with zero attached hydrogens (tertiary/aromatic N) is 1. The Bertz CT molecular complexity index is 450. The first-order valence-corrected chi connectivity index (χ1v) is 8.00. The van der Waals surface area contributed by atoms with Gasteiger partial charge in [-0.3, -0.25) is 9.69 Å². The number of anilines is 1. The van der Waals surface area contributed by atoms with Crippen molar-refractivity contribution < 1.29 is 4.79 Å². The lowest BCUT2D eigenvalue weighted by Crippen LogP contribution is -2.42. The monoisotopic (exact) mass is 289 g/mol. The van der Waals surface area contributed by atoms with Crippen molar-refractivity contribution in [2.45, 2.75) is 58.2 Å². The van der Waals surface area contributed by atoms with Gasteiger partial charge in [0.15, 0.2) is 0 Å². The number of nitrogens with two attached hydrogens (primary N) is 1. The van der Waals surface area contributed by atoms with Gasteiger partial charge < -0.3 is 11.1 Å². The minimum absolute atomic E-state index is 0.144. The van der Waals surface area contributed by atoms with Crippen molar-refractivity contribution in [1.29, 1.82) is 0 Å². The summed E-state index contributed by atoms with van der Waals surface area (Å²) in [6, 6.07) is 8.80. The zero-order chi connectivity index (χ0) is 15.2. The average Bonchev–Trinajstić information content (AvgIpc) is 3.31. The van der Waals surface area contributed by atoms with Crippen molar-refractivity contribution in [2.24, 2.45) is 0 Å². The van der Waals surface area contributed by atoms with Crippen LogP contribution in [0.2, 0.25) is 0 Å². The van der Waals surface area contributed by atoms with E-state index < -0.39 is 0 Å². The minimum atomic E-state index is 0.144. The average molecular weight is 289 g/mol. The van der Waals surface area contributed by atoms with Crippen molar-refractivity contribution in [1.82, 2.24) is 10.2 Å². The fourth-order valence-corrected chi connectivity index (χ4v) is 2.56. The van der Waals surface area contributed by atoms with Gasteiger partial charge in [0.05, 0.1) is 6.54 Å². The van der Waals surface area contributed by atoms with Gasteiger partial charge in [-0.2, -0.15) is 0 Å². The van der Waals surface area contributed by atoms with Gasteiger partial charge >= 0.3 is 0 Å². The molecule has 21 heavy (non-hydrogen) atoms. The van der Waals surface area contributed by atoms with Crippen LogP contribution in [0, 0.1) is 0 Å². The minimum Gasteiger partial charge on any atom is -0.399 e. The van der Waals surface area contributed by atoms with Gasteiger partial charge in [-0.05, 0) is 43.4 Å². The number of carbonyl (C=O) groups excluding carboxylic acids is 1. The third-order valence-electron chi connectivity index (χ3n) is 4.13. The maximum Gasteiger partial charge on any atom is 0.234 e. The second-order valence-electron chi connectivity index (χ2n) is 5.96. The normalized spacial score (nSPS) is 14.7. The highest BCUT2D eigenvalue weighted by atomic mass is 16.2. The van der Waals surface area contributed by atoms with Gasteiger partial charge in [-0.15, -0.1) is 0 Å². The molecule has 0 bridgehead atoms. The van der Waals surface area contributed by atoms with Crippen molar-refractivity contribution >= 4 is 11.6 Å². The molecule has 0 atom stereocenters. The van der Waals surface area contributed by atoms with Crippen LogP contribution in [0.4, 0.5) is 5.69 Å². The standard InChI is InChI=1S/C17H27N3O/c1-3-15(4-2)19-17(21)12-20(16-9-10-16)11-13-5-7-14(18)8-6-13/h5-8,15-16H,3-4,9-12,18H2,1-2H3,(H,19,21). The molecular weight excluding hydrogens is 262 g/mol. The van der Waals surface area contributed by atoms with Gasteiger partial charge in [-0.25, -0.2) is 0 Å². The molecule has 0 radical (unpaired) electrons. The highest BCUT2D eigenvalue weighted by Crippen LogP contribution is 2.28. The molecule has 2 rings (SSSR count). The van der Waals surface area contributed by atoms with E-state index in [1.54, 1.807) is 0 Å². The Morgan fingerprint density at radius 3 is 2.43 bits per heavy atom. The molecular formula is C17H27N3O. The fourth-order valence-electron chi connectivity index (χ4n) is 2.56. The Morgan fingerprint density at radius 1 is 1.29 bits per heavy atom. The molecule has 3 N–H and O–H groups in total. The summed E-state index contributed by atoms with van der Waals surface area (Å²) < 4.78 is 0. The van der Waals surface area contributed by atoms with Crippen molar-refractivity contribution in [2.75, 3.05) is 12.3 Å². The summed E-state index contributed by atoms with van der Waals surface area (Å²) in [6.07, 6.45) is 4.38. The number of carbonyl (C=O) groups is 1. The predicted molar refractivity (Wildman–Crippen MR) is 86.8 cm³/mol. The zero-order valence-corrected chi connectivity index (χ0v) is 13.1. The van der Waals surface area contributed by atoms with Gasteiger partial charge in [0.1, 0.15) is 0 Å². The molecule has 0 saturated heterocycles. The lowest BCUT2D eigenvalue weighted by atomic mass is 10.1. The number of hydrogen-bond donors (Lipinski definition) is 2. The quantitative estimate of drug-likeness (QED) is 0.723. The number of rotatable bonds is 8. The Balaban J connectivity index is 1.90. The molecule has 0 aromatic heterocycles. The maximum atomic E-state index is 12.2. The van der Waals surface area contributed by atoms with Gasteiger partial charge in [-0.1, -0.05) is 26.0 Å². The molecule has 0 spiro atoms. The highest BCUT2D eigenvalue weighted by molar-refractivity contribution is 5.78. The van der Waals surface area contributed by atoms with Crippen molar-refractivity contribution in [3.8, 4) is 0 Å². The Labute approximate surface area is 127 Å². The summed E-state index contributed by atoms with van der Waals surface area (Å²) >= 11 is 0. The predicted octanol–water partition coefficient (Wildman–Crippen LogP) is 2.54. The number of nitrogens with one attached hydrogen (secondary N) is 1. The van der Waals surface area contributed by atoms with Crippen LogP contribution in [0.1, 0.15) is 45.1 Å². The number of hydrogen-bond acceptors (Lipinski definition) is 3. The molecule has 1 aromatic rings. The van der Waals surface area contributed by atoms with Crippen molar-refractivity contribution in [3.63, 3.8) is 0 Å². The Kier molecular flexibility index (Phi) is 5.62. The smallest absolute Gasteiger partial charge is 0.234 e. The van der Waals surface area contributed by atoms with E-state index in [0.29, 0.717) is 18.6 Å². The van der Waals surface area contributed by atoms with Crippen LogP contribution in [0.15, 0.2) is 24.3 Å². The van der Waals surface area contributed by atoms with E-state index in [4.69, 9.17) is 5.73 Å². The van der Waals surface area contributed by atoms with E-state index >= 15 is 0 Å². The molecule has 4 heteroatoms. The first kappa shape index (κ1) is 15.8. The second-order valence-corrected chi connectivity index (χ2v) is 5.96. The van der Waals surface area contributed by atoms with Crippen LogP contribution in [0.5, 0.6) is 0 Å². The van der Waals surface area contributed by atoms with Crippen LogP contribution >= 0.6 is 0 Å². The van der Waals surface area contributed by atoms with Crippen molar-refractivity contribution in [3.05, 3.63) is 29.8 Å². The van der Waals surface area contributed by atoms with E-state index in [0.717, 1.165) is 25.1 Å². The van der Waals surface area contributed by atoms with E-state index in [1.165, 1.54) is 18.4 Å². The molecule has 0 heterocycles. The third kappa shape index (κ3) is 5.05. The molecule has 0 unspecified atom stereocenters. The van der Waals surface area contributed by atoms with E-state index in [2.05, 4.69) is 24.1 Å². The summed E-state index contributed by atoms with van der Waals surface area (Å²) in [5.41, 5.74) is 7.71.